The van der Waals surface area contributed by atoms with Gasteiger partial charge >= 0.3 is 0 Å². The zero-order valence-corrected chi connectivity index (χ0v) is 19.8. The number of aryl methyl sites for hydroxylation is 2. The molecular formula is C28H27N5O2. The molecule has 0 unspecified atom stereocenters. The first-order valence-electron chi connectivity index (χ1n) is 11.8. The van der Waals surface area contributed by atoms with E-state index in [1.807, 2.05) is 37.4 Å². The molecule has 1 aliphatic rings. The topological polar surface area (TPSA) is 73.2 Å². The van der Waals surface area contributed by atoms with E-state index in [2.05, 4.69) is 69.6 Å². The number of ether oxygens (including phenoxy) is 2. The number of imidazole rings is 1. The minimum absolute atomic E-state index is 0.395. The molecule has 0 aliphatic carbocycles. The van der Waals surface area contributed by atoms with Gasteiger partial charge in [-0.3, -0.25) is 0 Å². The van der Waals surface area contributed by atoms with Crippen molar-refractivity contribution in [1.29, 1.82) is 0 Å². The second-order valence-corrected chi connectivity index (χ2v) is 8.97. The average molecular weight is 466 g/mol. The molecule has 3 aromatic carbocycles. The lowest BCUT2D eigenvalue weighted by molar-refractivity contribution is 0.0211. The fourth-order valence-electron chi connectivity index (χ4n) is 4.30. The first-order valence-corrected chi connectivity index (χ1v) is 11.8. The highest BCUT2D eigenvalue weighted by molar-refractivity contribution is 5.83. The molecule has 0 saturated carbocycles. The van der Waals surface area contributed by atoms with Crippen molar-refractivity contribution in [2.75, 3.05) is 23.8 Å². The molecule has 1 fully saturated rings. The van der Waals surface area contributed by atoms with Crippen LogP contribution in [0, 0.1) is 6.92 Å². The van der Waals surface area contributed by atoms with Gasteiger partial charge in [-0.25, -0.2) is 9.97 Å². The van der Waals surface area contributed by atoms with E-state index >= 15 is 0 Å². The Hall–Kier alpha value is -4.10. The highest BCUT2D eigenvalue weighted by atomic mass is 16.5. The molecule has 0 amide bonds. The molecule has 1 saturated heterocycles. The summed E-state index contributed by atoms with van der Waals surface area (Å²) >= 11 is 0. The van der Waals surface area contributed by atoms with Crippen LogP contribution in [0.5, 0.6) is 11.6 Å². The number of benzene rings is 3. The third kappa shape index (κ3) is 4.38. The number of pyridine rings is 1. The van der Waals surface area contributed by atoms with E-state index in [1.54, 1.807) is 0 Å². The Labute approximate surface area is 203 Å². The maximum atomic E-state index is 6.01. The van der Waals surface area contributed by atoms with Crippen LogP contribution in [0.4, 0.5) is 11.6 Å². The Morgan fingerprint density at radius 2 is 1.86 bits per heavy atom. The molecule has 35 heavy (non-hydrogen) atoms. The fraction of sp³-hybridized carbons (Fsp3) is 0.214. The van der Waals surface area contributed by atoms with Crippen LogP contribution < -0.4 is 15.4 Å². The summed E-state index contributed by atoms with van der Waals surface area (Å²) in [5.74, 6) is 2.19. The van der Waals surface area contributed by atoms with Crippen molar-refractivity contribution >= 4 is 33.6 Å². The molecule has 2 aromatic heterocycles. The minimum Gasteiger partial charge on any atom is -0.439 e. The van der Waals surface area contributed by atoms with Gasteiger partial charge in [-0.1, -0.05) is 30.3 Å². The Morgan fingerprint density at radius 1 is 1.00 bits per heavy atom. The number of fused-ring (bicyclic) bond motifs is 2. The average Bonchev–Trinajstić information content (AvgIpc) is 3.16. The van der Waals surface area contributed by atoms with E-state index < -0.39 is 0 Å². The van der Waals surface area contributed by atoms with Crippen LogP contribution in [0.3, 0.4) is 0 Å². The molecule has 3 heterocycles. The van der Waals surface area contributed by atoms with E-state index in [4.69, 9.17) is 14.5 Å². The molecule has 6 rings (SSSR count). The van der Waals surface area contributed by atoms with Gasteiger partial charge in [0.05, 0.1) is 35.8 Å². The van der Waals surface area contributed by atoms with Crippen molar-refractivity contribution in [2.24, 2.45) is 7.05 Å². The van der Waals surface area contributed by atoms with E-state index in [9.17, 15) is 0 Å². The summed E-state index contributed by atoms with van der Waals surface area (Å²) in [7, 11) is 2.03. The monoisotopic (exact) mass is 465 g/mol. The van der Waals surface area contributed by atoms with Gasteiger partial charge in [0.25, 0.3) is 0 Å². The van der Waals surface area contributed by atoms with Crippen molar-refractivity contribution in [3.63, 3.8) is 0 Å². The van der Waals surface area contributed by atoms with Gasteiger partial charge in [0.2, 0.25) is 11.8 Å². The van der Waals surface area contributed by atoms with E-state index in [0.29, 0.717) is 18.5 Å². The second-order valence-electron chi connectivity index (χ2n) is 8.97. The number of nitrogens with zero attached hydrogens (tertiary/aromatic N) is 3. The minimum atomic E-state index is 0.395. The lowest BCUT2D eigenvalue weighted by Gasteiger charge is -2.27. The second kappa shape index (κ2) is 8.92. The number of anilines is 2. The maximum Gasteiger partial charge on any atom is 0.219 e. The maximum absolute atomic E-state index is 6.01. The summed E-state index contributed by atoms with van der Waals surface area (Å²) in [6.07, 6.45) is 0. The van der Waals surface area contributed by atoms with Crippen LogP contribution in [-0.2, 0) is 18.3 Å². The molecule has 0 spiro atoms. The normalized spacial score (nSPS) is 13.7. The van der Waals surface area contributed by atoms with Crippen LogP contribution in [0.15, 0.2) is 72.8 Å². The summed E-state index contributed by atoms with van der Waals surface area (Å²) in [5, 5.41) is 8.06. The van der Waals surface area contributed by atoms with Gasteiger partial charge in [0.1, 0.15) is 5.75 Å². The summed E-state index contributed by atoms with van der Waals surface area (Å²) in [6.45, 7) is 4.25. The van der Waals surface area contributed by atoms with Crippen LogP contribution in [-0.4, -0.2) is 33.8 Å². The highest BCUT2D eigenvalue weighted by Gasteiger charge is 2.18. The molecule has 7 nitrogen and oxygen atoms in total. The third-order valence-corrected chi connectivity index (χ3v) is 6.38. The Balaban J connectivity index is 1.12. The summed E-state index contributed by atoms with van der Waals surface area (Å²) < 4.78 is 13.3. The number of para-hydroxylation sites is 1. The Kier molecular flexibility index (Phi) is 5.47. The van der Waals surface area contributed by atoms with E-state index in [1.165, 1.54) is 0 Å². The number of hydrogen-bond donors (Lipinski definition) is 2. The molecule has 176 valence electrons. The Morgan fingerprint density at radius 3 is 2.66 bits per heavy atom. The summed E-state index contributed by atoms with van der Waals surface area (Å²) in [6, 6.07) is 24.8. The lowest BCUT2D eigenvalue weighted by atomic mass is 10.1. The molecule has 2 N–H and O–H groups in total. The van der Waals surface area contributed by atoms with Crippen LogP contribution in [0.25, 0.3) is 21.9 Å². The van der Waals surface area contributed by atoms with Crippen molar-refractivity contribution in [3.8, 4) is 11.6 Å². The van der Waals surface area contributed by atoms with Gasteiger partial charge in [0.15, 0.2) is 0 Å². The molecule has 0 bridgehead atoms. The van der Waals surface area contributed by atoms with Crippen molar-refractivity contribution in [1.82, 2.24) is 14.5 Å². The first kappa shape index (κ1) is 21.4. The SMILES string of the molecule is Cc1cccc2ccc(Oc3ccc(CNc4nc5ccc(NC6COC6)cc5n4C)cc3)nc12. The lowest BCUT2D eigenvalue weighted by Crippen LogP contribution is -2.40. The van der Waals surface area contributed by atoms with Gasteiger partial charge in [0, 0.05) is 30.7 Å². The predicted octanol–water partition coefficient (Wildman–Crippen LogP) is 5.65. The molecular weight excluding hydrogens is 438 g/mol. The van der Waals surface area contributed by atoms with Crippen molar-refractivity contribution < 1.29 is 9.47 Å². The van der Waals surface area contributed by atoms with Crippen molar-refractivity contribution in [2.45, 2.75) is 19.5 Å². The Bertz CT molecular complexity index is 1510. The number of hydrogen-bond acceptors (Lipinski definition) is 6. The summed E-state index contributed by atoms with van der Waals surface area (Å²) in [5.41, 5.74) is 6.38. The fourth-order valence-corrected chi connectivity index (χ4v) is 4.30. The standard InChI is InChI=1S/C28H27N5O2/c1-18-4-3-5-20-8-13-26(32-27(18)20)35-23-10-6-19(7-11-23)15-29-28-31-24-12-9-21(14-25(24)33(28)2)30-22-16-34-17-22/h3-14,22,30H,15-17H2,1-2H3,(H,29,31). The van der Waals surface area contributed by atoms with E-state index in [0.717, 1.165) is 63.7 Å². The van der Waals surface area contributed by atoms with Gasteiger partial charge in [-0.05, 0) is 54.4 Å². The quantitative estimate of drug-likeness (QED) is 0.324. The molecule has 7 heteroatoms. The van der Waals surface area contributed by atoms with Crippen molar-refractivity contribution in [3.05, 3.63) is 83.9 Å². The third-order valence-electron chi connectivity index (χ3n) is 6.38. The predicted molar refractivity (Wildman–Crippen MR) is 139 cm³/mol. The number of rotatable bonds is 7. The highest BCUT2D eigenvalue weighted by Crippen LogP contribution is 2.26. The smallest absolute Gasteiger partial charge is 0.219 e. The van der Waals surface area contributed by atoms with Crippen LogP contribution >= 0.6 is 0 Å². The van der Waals surface area contributed by atoms with Crippen LogP contribution in [0.1, 0.15) is 11.1 Å². The van der Waals surface area contributed by atoms with Gasteiger partial charge in [-0.15, -0.1) is 0 Å². The largest absolute Gasteiger partial charge is 0.439 e. The number of aromatic nitrogens is 3. The summed E-state index contributed by atoms with van der Waals surface area (Å²) in [4.78, 5) is 9.43. The van der Waals surface area contributed by atoms with Crippen LogP contribution in [0.2, 0.25) is 0 Å². The molecule has 0 radical (unpaired) electrons. The van der Waals surface area contributed by atoms with Gasteiger partial charge in [-0.2, -0.15) is 0 Å². The number of nitrogens with one attached hydrogen (secondary N) is 2. The molecule has 5 aromatic rings. The zero-order chi connectivity index (χ0) is 23.8. The van der Waals surface area contributed by atoms with E-state index in [-0.39, 0.29) is 0 Å². The van der Waals surface area contributed by atoms with Gasteiger partial charge < -0.3 is 24.7 Å². The molecule has 0 atom stereocenters. The zero-order valence-electron chi connectivity index (χ0n) is 19.8. The first-order chi connectivity index (χ1) is 17.1. The molecule has 1 aliphatic heterocycles.